The monoisotopic (exact) mass is 152 g/mol. The minimum Gasteiger partial charge on any atom is -0.0854 e. The number of rotatable bonds is 1. The van der Waals surface area contributed by atoms with Crippen molar-refractivity contribution in [2.75, 3.05) is 0 Å². The third-order valence-electron chi connectivity index (χ3n) is 2.72. The van der Waals surface area contributed by atoms with Crippen LogP contribution in [-0.2, 0) is 0 Å². The molecule has 2 atom stereocenters. The van der Waals surface area contributed by atoms with Gasteiger partial charge in [-0.1, -0.05) is 38.8 Å². The maximum Gasteiger partial charge on any atom is -0.0236 e. The molecule has 0 aromatic carbocycles. The van der Waals surface area contributed by atoms with Crippen LogP contribution in [0.25, 0.3) is 0 Å². The number of allylic oxidation sites excluding steroid dienone is 2. The first kappa shape index (κ1) is 8.83. The minimum atomic E-state index is 0.823. The van der Waals surface area contributed by atoms with Crippen LogP contribution in [0, 0.1) is 11.8 Å². The lowest BCUT2D eigenvalue weighted by atomic mass is 9.91. The topological polar surface area (TPSA) is 0 Å². The van der Waals surface area contributed by atoms with E-state index in [9.17, 15) is 0 Å². The Morgan fingerprint density at radius 2 is 1.91 bits per heavy atom. The van der Waals surface area contributed by atoms with Crippen molar-refractivity contribution in [3.8, 4) is 0 Å². The summed E-state index contributed by atoms with van der Waals surface area (Å²) < 4.78 is 0. The van der Waals surface area contributed by atoms with Crippen LogP contribution in [-0.4, -0.2) is 0 Å². The molecule has 0 amide bonds. The molecule has 0 radical (unpaired) electrons. The summed E-state index contributed by atoms with van der Waals surface area (Å²) >= 11 is 0. The number of hydrogen-bond acceptors (Lipinski definition) is 0. The summed E-state index contributed by atoms with van der Waals surface area (Å²) in [5.74, 6) is 1.70. The molecule has 0 bridgehead atoms. The summed E-state index contributed by atoms with van der Waals surface area (Å²) in [6.45, 7) is 4.62. The van der Waals surface area contributed by atoms with E-state index >= 15 is 0 Å². The Hall–Kier alpha value is -0.260. The van der Waals surface area contributed by atoms with Gasteiger partial charge in [-0.05, 0) is 31.1 Å². The molecule has 0 spiro atoms. The first-order valence-electron chi connectivity index (χ1n) is 5.01. The third-order valence-corrected chi connectivity index (χ3v) is 2.72. The smallest absolute Gasteiger partial charge is 0.0236 e. The average molecular weight is 152 g/mol. The van der Waals surface area contributed by atoms with Crippen molar-refractivity contribution in [3.63, 3.8) is 0 Å². The summed E-state index contributed by atoms with van der Waals surface area (Å²) in [6.07, 6.45) is 11.8. The largest absolute Gasteiger partial charge is 0.0854 e. The zero-order valence-electron chi connectivity index (χ0n) is 7.84. The molecule has 0 heterocycles. The quantitative estimate of drug-likeness (QED) is 0.502. The molecule has 1 aliphatic rings. The van der Waals surface area contributed by atoms with Crippen molar-refractivity contribution in [1.82, 2.24) is 0 Å². The molecule has 1 aliphatic carbocycles. The van der Waals surface area contributed by atoms with Gasteiger partial charge in [0.05, 0.1) is 0 Å². The van der Waals surface area contributed by atoms with Gasteiger partial charge in [-0.15, -0.1) is 0 Å². The highest BCUT2D eigenvalue weighted by atomic mass is 14.1. The first-order chi connectivity index (χ1) is 5.33. The molecule has 64 valence electrons. The molecule has 2 unspecified atom stereocenters. The Morgan fingerprint density at radius 1 is 1.18 bits per heavy atom. The predicted molar refractivity (Wildman–Crippen MR) is 50.6 cm³/mol. The second-order valence-electron chi connectivity index (χ2n) is 3.81. The minimum absolute atomic E-state index is 0.823. The molecule has 0 heteroatoms. The summed E-state index contributed by atoms with van der Waals surface area (Å²) in [5.41, 5.74) is 0. The van der Waals surface area contributed by atoms with Crippen LogP contribution in [0.15, 0.2) is 12.2 Å². The van der Waals surface area contributed by atoms with E-state index in [0.717, 1.165) is 11.8 Å². The Balaban J connectivity index is 2.43. The van der Waals surface area contributed by atoms with Gasteiger partial charge >= 0.3 is 0 Å². The summed E-state index contributed by atoms with van der Waals surface area (Å²) in [6, 6.07) is 0. The van der Waals surface area contributed by atoms with Crippen molar-refractivity contribution >= 4 is 0 Å². The summed E-state index contributed by atoms with van der Waals surface area (Å²) in [4.78, 5) is 0. The Kier molecular flexibility index (Phi) is 3.68. The highest BCUT2D eigenvalue weighted by molar-refractivity contribution is 4.92. The molecule has 0 aromatic heterocycles. The molecule has 0 saturated heterocycles. The van der Waals surface area contributed by atoms with Gasteiger partial charge in [0.25, 0.3) is 0 Å². The van der Waals surface area contributed by atoms with Gasteiger partial charge in [-0.3, -0.25) is 0 Å². The van der Waals surface area contributed by atoms with E-state index in [0.29, 0.717) is 0 Å². The van der Waals surface area contributed by atoms with Crippen molar-refractivity contribution in [1.29, 1.82) is 0 Å². The van der Waals surface area contributed by atoms with Gasteiger partial charge in [-0.2, -0.15) is 0 Å². The van der Waals surface area contributed by atoms with Gasteiger partial charge in [0.1, 0.15) is 0 Å². The van der Waals surface area contributed by atoms with Crippen molar-refractivity contribution in [2.45, 2.75) is 46.0 Å². The van der Waals surface area contributed by atoms with Gasteiger partial charge in [-0.25, -0.2) is 0 Å². The van der Waals surface area contributed by atoms with Gasteiger partial charge in [0.15, 0.2) is 0 Å². The van der Waals surface area contributed by atoms with E-state index in [1.54, 1.807) is 0 Å². The summed E-state index contributed by atoms with van der Waals surface area (Å²) in [5, 5.41) is 0. The van der Waals surface area contributed by atoms with E-state index in [2.05, 4.69) is 26.0 Å². The Labute approximate surface area is 70.7 Å². The Bertz CT molecular complexity index is 124. The average Bonchev–Trinajstić information content (AvgIpc) is 1.98. The van der Waals surface area contributed by atoms with Crippen molar-refractivity contribution in [3.05, 3.63) is 12.2 Å². The zero-order chi connectivity index (χ0) is 8.10. The van der Waals surface area contributed by atoms with Crippen LogP contribution in [0.3, 0.4) is 0 Å². The lowest BCUT2D eigenvalue weighted by molar-refractivity contribution is 0.475. The molecule has 0 N–H and O–H groups in total. The van der Waals surface area contributed by atoms with Gasteiger partial charge in [0, 0.05) is 0 Å². The molecule has 0 fully saturated rings. The molecule has 1 rings (SSSR count). The number of hydrogen-bond donors (Lipinski definition) is 0. The molecule has 0 saturated carbocycles. The highest BCUT2D eigenvalue weighted by Crippen LogP contribution is 2.21. The molecule has 0 aliphatic heterocycles. The van der Waals surface area contributed by atoms with Crippen LogP contribution in [0.5, 0.6) is 0 Å². The maximum atomic E-state index is 2.43. The highest BCUT2D eigenvalue weighted by Gasteiger charge is 2.06. The van der Waals surface area contributed by atoms with Crippen LogP contribution < -0.4 is 0 Å². The van der Waals surface area contributed by atoms with Gasteiger partial charge in [0.2, 0.25) is 0 Å². The fraction of sp³-hybridized carbons (Fsp3) is 0.818. The fourth-order valence-electron chi connectivity index (χ4n) is 1.75. The Morgan fingerprint density at radius 3 is 2.64 bits per heavy atom. The molecular weight excluding hydrogens is 132 g/mol. The molecule has 0 aromatic rings. The lowest BCUT2D eigenvalue weighted by Gasteiger charge is -2.15. The predicted octanol–water partition coefficient (Wildman–Crippen LogP) is 3.78. The second-order valence-corrected chi connectivity index (χ2v) is 3.81. The maximum absolute atomic E-state index is 2.43. The van der Waals surface area contributed by atoms with E-state index in [-0.39, 0.29) is 0 Å². The fourth-order valence-corrected chi connectivity index (χ4v) is 1.75. The SMILES string of the molecule is CCC1C=CC(C)CCCC1. The van der Waals surface area contributed by atoms with Crippen LogP contribution in [0.1, 0.15) is 46.0 Å². The van der Waals surface area contributed by atoms with Crippen molar-refractivity contribution in [2.24, 2.45) is 11.8 Å². The van der Waals surface area contributed by atoms with Crippen LogP contribution in [0.2, 0.25) is 0 Å². The molecular formula is C11H20. The normalized spacial score (nSPS) is 32.9. The third kappa shape index (κ3) is 3.09. The van der Waals surface area contributed by atoms with E-state index in [1.807, 2.05) is 0 Å². The standard InChI is InChI=1S/C11H20/c1-3-11-7-5-4-6-10(2)8-9-11/h8-11H,3-7H2,1-2H3. The first-order valence-corrected chi connectivity index (χ1v) is 5.01. The van der Waals surface area contributed by atoms with E-state index in [4.69, 9.17) is 0 Å². The second kappa shape index (κ2) is 4.58. The molecule has 0 nitrogen and oxygen atoms in total. The van der Waals surface area contributed by atoms with Crippen LogP contribution in [0.4, 0.5) is 0 Å². The zero-order valence-corrected chi connectivity index (χ0v) is 7.84. The van der Waals surface area contributed by atoms with Crippen molar-refractivity contribution < 1.29 is 0 Å². The van der Waals surface area contributed by atoms with Crippen LogP contribution >= 0.6 is 0 Å². The summed E-state index contributed by atoms with van der Waals surface area (Å²) in [7, 11) is 0. The lowest BCUT2D eigenvalue weighted by Crippen LogP contribution is -2.00. The molecule has 11 heavy (non-hydrogen) atoms. The van der Waals surface area contributed by atoms with E-state index in [1.165, 1.54) is 32.1 Å². The van der Waals surface area contributed by atoms with Gasteiger partial charge < -0.3 is 0 Å². The van der Waals surface area contributed by atoms with E-state index < -0.39 is 0 Å².